The molecule has 2 heterocycles. The number of carbonyl (C=O) groups is 2. The second-order valence-corrected chi connectivity index (χ2v) is 7.58. The molecular formula is C17H31N3O3S. The van der Waals surface area contributed by atoms with Crippen LogP contribution in [0.1, 0.15) is 32.6 Å². The molecule has 2 N–H and O–H groups in total. The molecular weight excluding hydrogens is 326 g/mol. The zero-order chi connectivity index (χ0) is 17.2. The Morgan fingerprint density at radius 2 is 2.12 bits per heavy atom. The zero-order valence-electron chi connectivity index (χ0n) is 14.7. The van der Waals surface area contributed by atoms with Gasteiger partial charge < -0.3 is 20.3 Å². The first kappa shape index (κ1) is 19.5. The minimum atomic E-state index is 0.0458. The van der Waals surface area contributed by atoms with Crippen molar-refractivity contribution < 1.29 is 14.3 Å². The summed E-state index contributed by atoms with van der Waals surface area (Å²) >= 11 is 1.91. The highest BCUT2D eigenvalue weighted by Crippen LogP contribution is 2.19. The Hall–Kier alpha value is -0.790. The number of thioether (sulfide) groups is 1. The van der Waals surface area contributed by atoms with Crippen LogP contribution in [0.3, 0.4) is 0 Å². The summed E-state index contributed by atoms with van der Waals surface area (Å²) in [6, 6.07) is 0.308. The minimum Gasteiger partial charge on any atom is -0.382 e. The number of piperidine rings is 1. The number of amides is 2. The Kier molecular flexibility index (Phi) is 8.91. The lowest BCUT2D eigenvalue weighted by Crippen LogP contribution is -2.46. The highest BCUT2D eigenvalue weighted by molar-refractivity contribution is 7.99. The summed E-state index contributed by atoms with van der Waals surface area (Å²) in [5.41, 5.74) is 0. The van der Waals surface area contributed by atoms with E-state index >= 15 is 0 Å². The number of hydrogen-bond donors (Lipinski definition) is 2. The summed E-state index contributed by atoms with van der Waals surface area (Å²) in [7, 11) is 0. The molecule has 2 aliphatic rings. The second-order valence-electron chi connectivity index (χ2n) is 6.43. The van der Waals surface area contributed by atoms with Crippen molar-refractivity contribution in [1.82, 2.24) is 15.5 Å². The van der Waals surface area contributed by atoms with Gasteiger partial charge in [-0.15, -0.1) is 0 Å². The highest BCUT2D eigenvalue weighted by atomic mass is 32.2. The van der Waals surface area contributed by atoms with Gasteiger partial charge in [0.05, 0.1) is 0 Å². The third-order valence-electron chi connectivity index (χ3n) is 4.61. The van der Waals surface area contributed by atoms with Crippen molar-refractivity contribution in [2.45, 2.75) is 38.6 Å². The van der Waals surface area contributed by atoms with E-state index in [9.17, 15) is 9.59 Å². The number of likely N-dealkylation sites (tertiary alicyclic amines) is 1. The summed E-state index contributed by atoms with van der Waals surface area (Å²) in [4.78, 5) is 26.5. The first-order chi connectivity index (χ1) is 11.7. The minimum absolute atomic E-state index is 0.0458. The van der Waals surface area contributed by atoms with E-state index in [4.69, 9.17) is 4.74 Å². The molecule has 0 spiro atoms. The lowest BCUT2D eigenvalue weighted by atomic mass is 9.95. The van der Waals surface area contributed by atoms with Gasteiger partial charge in [0.15, 0.2) is 0 Å². The van der Waals surface area contributed by atoms with Gasteiger partial charge in [-0.3, -0.25) is 9.59 Å². The molecule has 7 heteroatoms. The lowest BCUT2D eigenvalue weighted by Gasteiger charge is -2.33. The van der Waals surface area contributed by atoms with E-state index in [1.165, 1.54) is 0 Å². The van der Waals surface area contributed by atoms with Crippen LogP contribution in [0.5, 0.6) is 0 Å². The van der Waals surface area contributed by atoms with Gasteiger partial charge in [-0.2, -0.15) is 11.8 Å². The van der Waals surface area contributed by atoms with Gasteiger partial charge in [-0.05, 0) is 26.2 Å². The van der Waals surface area contributed by atoms with Crippen molar-refractivity contribution in [2.24, 2.45) is 5.92 Å². The van der Waals surface area contributed by atoms with E-state index in [0.29, 0.717) is 38.7 Å². The molecule has 1 unspecified atom stereocenters. The van der Waals surface area contributed by atoms with Crippen molar-refractivity contribution in [2.75, 3.05) is 50.9 Å². The maximum absolute atomic E-state index is 12.4. The fourth-order valence-corrected chi connectivity index (χ4v) is 4.11. The largest absolute Gasteiger partial charge is 0.382 e. The van der Waals surface area contributed by atoms with Gasteiger partial charge in [0.2, 0.25) is 11.8 Å². The Morgan fingerprint density at radius 1 is 1.33 bits per heavy atom. The topological polar surface area (TPSA) is 70.7 Å². The third-order valence-corrected chi connectivity index (χ3v) is 5.74. The summed E-state index contributed by atoms with van der Waals surface area (Å²) in [5.74, 6) is 2.56. The lowest BCUT2D eigenvalue weighted by molar-refractivity contribution is -0.136. The SMILES string of the molecule is CCOCCCNC(=O)C1CCN(C(=O)CC2CSCCN2)CC1. The standard InChI is InChI=1S/C17H31N3O3S/c1-2-23-10-3-6-19-17(22)14-4-8-20(9-5-14)16(21)12-15-13-24-11-7-18-15/h14-15,18H,2-13H2,1H3,(H,19,22). The molecule has 0 aromatic heterocycles. The Bertz CT molecular complexity index is 395. The predicted molar refractivity (Wildman–Crippen MR) is 97.2 cm³/mol. The van der Waals surface area contributed by atoms with Crippen LogP contribution < -0.4 is 10.6 Å². The number of rotatable bonds is 8. The Morgan fingerprint density at radius 3 is 2.79 bits per heavy atom. The average molecular weight is 358 g/mol. The molecule has 0 aromatic rings. The van der Waals surface area contributed by atoms with E-state index in [-0.39, 0.29) is 17.7 Å². The van der Waals surface area contributed by atoms with Gasteiger partial charge >= 0.3 is 0 Å². The summed E-state index contributed by atoms with van der Waals surface area (Å²) < 4.78 is 5.26. The van der Waals surface area contributed by atoms with Crippen LogP contribution in [0, 0.1) is 5.92 Å². The van der Waals surface area contributed by atoms with Crippen LogP contribution in [0.2, 0.25) is 0 Å². The predicted octanol–water partition coefficient (Wildman–Crippen LogP) is 0.863. The first-order valence-electron chi connectivity index (χ1n) is 9.15. The molecule has 0 radical (unpaired) electrons. The van der Waals surface area contributed by atoms with Gasteiger partial charge in [0, 0.05) is 69.3 Å². The van der Waals surface area contributed by atoms with Crippen LogP contribution in [-0.4, -0.2) is 73.7 Å². The van der Waals surface area contributed by atoms with Crippen molar-refractivity contribution in [3.05, 3.63) is 0 Å². The van der Waals surface area contributed by atoms with E-state index in [1.54, 1.807) is 0 Å². The Labute approximate surface area is 149 Å². The molecule has 138 valence electrons. The van der Waals surface area contributed by atoms with E-state index in [0.717, 1.165) is 43.9 Å². The number of ether oxygens (including phenoxy) is 1. The smallest absolute Gasteiger partial charge is 0.224 e. The zero-order valence-corrected chi connectivity index (χ0v) is 15.5. The molecule has 0 bridgehead atoms. The van der Waals surface area contributed by atoms with Gasteiger partial charge in [0.25, 0.3) is 0 Å². The normalized spacial score (nSPS) is 22.4. The van der Waals surface area contributed by atoms with Crippen LogP contribution in [0.25, 0.3) is 0 Å². The second kappa shape index (κ2) is 10.9. The summed E-state index contributed by atoms with van der Waals surface area (Å²) in [6.45, 7) is 6.45. The number of nitrogens with zero attached hydrogens (tertiary/aromatic N) is 1. The van der Waals surface area contributed by atoms with Crippen LogP contribution in [0.4, 0.5) is 0 Å². The third kappa shape index (κ3) is 6.61. The van der Waals surface area contributed by atoms with E-state index < -0.39 is 0 Å². The molecule has 1 atom stereocenters. The van der Waals surface area contributed by atoms with Gasteiger partial charge in [-0.1, -0.05) is 0 Å². The number of carbonyl (C=O) groups excluding carboxylic acids is 2. The molecule has 0 saturated carbocycles. The first-order valence-corrected chi connectivity index (χ1v) is 10.3. The molecule has 2 saturated heterocycles. The quantitative estimate of drug-likeness (QED) is 0.631. The summed E-state index contributed by atoms with van der Waals surface area (Å²) in [6.07, 6.45) is 2.98. The van der Waals surface area contributed by atoms with E-state index in [1.807, 2.05) is 23.6 Å². The van der Waals surface area contributed by atoms with E-state index in [2.05, 4.69) is 10.6 Å². The van der Waals surface area contributed by atoms with Crippen molar-refractivity contribution >= 4 is 23.6 Å². The highest BCUT2D eigenvalue weighted by Gasteiger charge is 2.28. The van der Waals surface area contributed by atoms with Gasteiger partial charge in [-0.25, -0.2) is 0 Å². The number of nitrogens with one attached hydrogen (secondary N) is 2. The molecule has 0 aliphatic carbocycles. The maximum Gasteiger partial charge on any atom is 0.224 e. The van der Waals surface area contributed by atoms with Crippen LogP contribution >= 0.6 is 11.8 Å². The molecule has 2 amide bonds. The molecule has 2 fully saturated rings. The number of hydrogen-bond acceptors (Lipinski definition) is 5. The molecule has 6 nitrogen and oxygen atoms in total. The van der Waals surface area contributed by atoms with Crippen molar-refractivity contribution in [1.29, 1.82) is 0 Å². The van der Waals surface area contributed by atoms with Crippen molar-refractivity contribution in [3.63, 3.8) is 0 Å². The van der Waals surface area contributed by atoms with Crippen molar-refractivity contribution in [3.8, 4) is 0 Å². The maximum atomic E-state index is 12.4. The van der Waals surface area contributed by atoms with Crippen LogP contribution in [-0.2, 0) is 14.3 Å². The van der Waals surface area contributed by atoms with Gasteiger partial charge in [0.1, 0.15) is 0 Å². The molecule has 24 heavy (non-hydrogen) atoms. The molecule has 2 rings (SSSR count). The molecule has 0 aromatic carbocycles. The fraction of sp³-hybridized carbons (Fsp3) is 0.882. The Balaban J connectivity index is 1.61. The fourth-order valence-electron chi connectivity index (χ4n) is 3.16. The molecule has 2 aliphatic heterocycles. The monoisotopic (exact) mass is 357 g/mol. The average Bonchev–Trinajstić information content (AvgIpc) is 2.62. The van der Waals surface area contributed by atoms with Crippen LogP contribution in [0.15, 0.2) is 0 Å². The summed E-state index contributed by atoms with van der Waals surface area (Å²) in [5, 5.41) is 6.40.